The molecular formula is C85H101N7O27. The number of alkyl carbamates (subject to hydrolysis) is 1. The minimum absolute atomic E-state index is 0.0468. The molecule has 1 amide bonds. The molecule has 4 fully saturated rings. The Labute approximate surface area is 688 Å². The predicted molar refractivity (Wildman–Crippen MR) is 417 cm³/mol. The quantitative estimate of drug-likeness (QED) is 0.00945. The van der Waals surface area contributed by atoms with E-state index in [-0.39, 0.29) is 52.8 Å². The first-order chi connectivity index (χ1) is 57.3. The third-order valence-corrected chi connectivity index (χ3v) is 19.2. The highest BCUT2D eigenvalue weighted by Crippen LogP contribution is 2.42. The number of amides is 1. The van der Waals surface area contributed by atoms with Gasteiger partial charge in [0.1, 0.15) is 92.9 Å². The summed E-state index contributed by atoms with van der Waals surface area (Å²) < 4.78 is 129. The largest absolute Gasteiger partial charge is 0.467 e. The van der Waals surface area contributed by atoms with E-state index >= 15 is 9.59 Å². The predicted octanol–water partition coefficient (Wildman–Crippen LogP) is 10.7. The van der Waals surface area contributed by atoms with Crippen LogP contribution in [0.5, 0.6) is 0 Å². The van der Waals surface area contributed by atoms with E-state index in [2.05, 4.69) is 25.4 Å². The van der Waals surface area contributed by atoms with Crippen molar-refractivity contribution in [1.29, 1.82) is 0 Å². The molecule has 0 bridgehead atoms. The number of carbonyl (C=O) groups is 7. The van der Waals surface area contributed by atoms with Crippen LogP contribution in [0, 0.1) is 10.8 Å². The van der Waals surface area contributed by atoms with Gasteiger partial charge in [-0.1, -0.05) is 192 Å². The third-order valence-electron chi connectivity index (χ3n) is 19.2. The Kier molecular flexibility index (Phi) is 34.0. The summed E-state index contributed by atoms with van der Waals surface area (Å²) in [5.41, 5.74) is 22.7. The van der Waals surface area contributed by atoms with Crippen molar-refractivity contribution in [2.75, 3.05) is 40.6 Å². The molecule has 6 aromatic carbocycles. The van der Waals surface area contributed by atoms with E-state index in [0.717, 1.165) is 32.3 Å². The highest BCUT2D eigenvalue weighted by Gasteiger charge is 2.61. The Morgan fingerprint density at radius 2 is 0.697 bits per heavy atom. The molecule has 0 saturated carbocycles. The number of ether oxygens (including phenoxy) is 20. The molecule has 0 aromatic heterocycles. The summed E-state index contributed by atoms with van der Waals surface area (Å²) in [7, 11) is 2.12. The number of methoxy groups -OCH3 is 2. The molecule has 10 rings (SSSR count). The fraction of sp³-hybridized carbons (Fsp3) is 0.494. The normalized spacial score (nSPS) is 26.8. The van der Waals surface area contributed by atoms with E-state index in [1.54, 1.807) is 181 Å². The maximum atomic E-state index is 15.1. The molecule has 0 radical (unpaired) electrons. The van der Waals surface area contributed by atoms with Gasteiger partial charge in [0.05, 0.1) is 64.7 Å². The maximum Gasteiger partial charge on any atom is 0.407 e. The summed E-state index contributed by atoms with van der Waals surface area (Å²) >= 11 is 0. The van der Waals surface area contributed by atoms with Crippen molar-refractivity contribution in [3.63, 3.8) is 0 Å². The number of nitrogens with one attached hydrogen (secondary N) is 1. The zero-order chi connectivity index (χ0) is 85.0. The number of benzene rings is 6. The van der Waals surface area contributed by atoms with Crippen LogP contribution in [0.1, 0.15) is 88.8 Å². The SMILES string of the molecule is COC(=O)[C@@H]1O[C@@H](OCCNC(=O)OCc2ccccc2)[C@H](OC(=O)C(C)(C)C)[C@@H](OCc2ccccc2)[C@@H]1O[C@H]1O[C@H](COC(C)=O)[C@@H](O[C@@H]2O[C@@H](C(=O)OC)[C@@H](O[C@H]3O[C@H](COC(C)=O)[C@@H](OCc4ccccc4)[C@H](OCc4ccccc4)[C@H]3N=[N+]=[N-])[C@H](OCc3ccccc3)[C@H]2OC(=O)C(C)(C)C)[C@H](OCc2ccccc2)[C@H]1N=[N+]=[N-]. The second kappa shape index (κ2) is 44.5. The van der Waals surface area contributed by atoms with Crippen LogP contribution in [0.3, 0.4) is 0 Å². The molecule has 20 atom stereocenters. The van der Waals surface area contributed by atoms with Gasteiger partial charge in [0.15, 0.2) is 49.6 Å². The smallest absolute Gasteiger partial charge is 0.407 e. The van der Waals surface area contributed by atoms with Crippen LogP contribution in [0.25, 0.3) is 20.9 Å². The van der Waals surface area contributed by atoms with E-state index in [0.29, 0.717) is 22.3 Å². The minimum Gasteiger partial charge on any atom is -0.467 e. The molecule has 4 aliphatic heterocycles. The average molecular weight is 1650 g/mol. The van der Waals surface area contributed by atoms with Crippen LogP contribution in [-0.4, -0.2) is 205 Å². The summed E-state index contributed by atoms with van der Waals surface area (Å²) in [6, 6.07) is 49.8. The monoisotopic (exact) mass is 1650 g/mol. The van der Waals surface area contributed by atoms with Gasteiger partial charge in [-0.3, -0.25) is 19.2 Å². The molecule has 0 spiro atoms. The van der Waals surface area contributed by atoms with Gasteiger partial charge in [0, 0.05) is 30.2 Å². The fourth-order valence-electron chi connectivity index (χ4n) is 13.2. The van der Waals surface area contributed by atoms with Crippen molar-refractivity contribution >= 4 is 41.9 Å². The van der Waals surface area contributed by atoms with Crippen LogP contribution in [0.4, 0.5) is 4.79 Å². The van der Waals surface area contributed by atoms with Crippen LogP contribution in [0.15, 0.2) is 192 Å². The number of rotatable bonds is 37. The zero-order valence-corrected chi connectivity index (χ0v) is 67.6. The summed E-state index contributed by atoms with van der Waals surface area (Å²) in [5, 5.41) is 11.1. The van der Waals surface area contributed by atoms with E-state index in [1.807, 2.05) is 42.5 Å². The van der Waals surface area contributed by atoms with Crippen LogP contribution in [-0.2, 0) is 163 Å². The van der Waals surface area contributed by atoms with Crippen LogP contribution < -0.4 is 5.32 Å². The molecule has 638 valence electrons. The first-order valence-electron chi connectivity index (χ1n) is 38.7. The highest BCUT2D eigenvalue weighted by atomic mass is 16.8. The van der Waals surface area contributed by atoms with Gasteiger partial charge in [-0.15, -0.1) is 0 Å². The zero-order valence-electron chi connectivity index (χ0n) is 67.6. The van der Waals surface area contributed by atoms with E-state index in [4.69, 9.17) is 94.7 Å². The lowest BCUT2D eigenvalue weighted by molar-refractivity contribution is -0.377. The molecule has 119 heavy (non-hydrogen) atoms. The molecule has 34 nitrogen and oxygen atoms in total. The fourth-order valence-corrected chi connectivity index (χ4v) is 13.2. The number of hydrogen-bond acceptors (Lipinski definition) is 29. The van der Waals surface area contributed by atoms with Crippen molar-refractivity contribution < 1.29 is 128 Å². The van der Waals surface area contributed by atoms with Gasteiger partial charge in [0.25, 0.3) is 0 Å². The number of azide groups is 2. The second-order valence-corrected chi connectivity index (χ2v) is 30.2. The van der Waals surface area contributed by atoms with Crippen LogP contribution >= 0.6 is 0 Å². The molecule has 0 unspecified atom stereocenters. The molecule has 6 aromatic rings. The van der Waals surface area contributed by atoms with Crippen molar-refractivity contribution in [1.82, 2.24) is 5.32 Å². The Bertz CT molecular complexity index is 4320. The van der Waals surface area contributed by atoms with Gasteiger partial charge in [-0.25, -0.2) is 14.4 Å². The lowest BCUT2D eigenvalue weighted by atomic mass is 9.93. The van der Waals surface area contributed by atoms with Crippen molar-refractivity contribution in [2.24, 2.45) is 21.1 Å². The first-order valence-corrected chi connectivity index (χ1v) is 38.7. The molecule has 4 aliphatic rings. The van der Waals surface area contributed by atoms with Gasteiger partial charge >= 0.3 is 41.9 Å². The number of carbonyl (C=O) groups excluding carboxylic acids is 7. The molecule has 4 saturated heterocycles. The molecular weight excluding hydrogens is 1550 g/mol. The summed E-state index contributed by atoms with van der Waals surface area (Å²) in [4.78, 5) is 105. The summed E-state index contributed by atoms with van der Waals surface area (Å²) in [6.45, 7) is 8.86. The number of esters is 6. The number of hydrogen-bond donors (Lipinski definition) is 1. The standard InChI is InChI=1S/C85H101N7O27/c1-51(93)103-49-59-63(105-43-53-29-17-11-18-30-53)65(106-44-54-31-19-12-20-32-54)61(89-91-86)77(111-59)115-70-68(109-47-57-37-25-15-26-38-57)74(119-82(98)85(6,7)8)80(117-72(70)76(96)101-10)113-64-60(50-104-52(2)94)112-78(62(90-92-87)66(64)107-45-55-33-21-13-22-34-55)114-69-67(108-46-56-35-23-14-24-36-56)73(118-81(97)84(3,4)5)79(116-71(69)75(95)100-9)102-42-41-88-83(99)110-48-58-39-27-16-28-40-58/h11-40,59-74,77-80H,41-50H2,1-10H3,(H,88,99)/t59-,60-,61-,62-,63-,64-,65-,66-,67+,68+,69+,70+,71-,72-,73-,74-,77-,78-,79-,80-/m1/s1. The maximum absolute atomic E-state index is 15.1. The Morgan fingerprint density at radius 1 is 0.378 bits per heavy atom. The van der Waals surface area contributed by atoms with E-state index in [1.165, 1.54) is 6.92 Å². The lowest BCUT2D eigenvalue weighted by Gasteiger charge is -2.51. The van der Waals surface area contributed by atoms with Crippen molar-refractivity contribution in [3.05, 3.63) is 236 Å². The Morgan fingerprint density at radius 3 is 1.05 bits per heavy atom. The Hall–Kier alpha value is -10.5. The third kappa shape index (κ3) is 26.0. The van der Waals surface area contributed by atoms with Gasteiger partial charge in [-0.2, -0.15) is 0 Å². The van der Waals surface area contributed by atoms with E-state index in [9.17, 15) is 35.0 Å². The molecule has 0 aliphatic carbocycles. The molecule has 34 heteroatoms. The van der Waals surface area contributed by atoms with Gasteiger partial charge in [-0.05, 0) is 86.0 Å². The molecule has 1 N–H and O–H groups in total. The van der Waals surface area contributed by atoms with Crippen molar-refractivity contribution in [3.8, 4) is 0 Å². The summed E-state index contributed by atoms with van der Waals surface area (Å²) in [5.74, 6) is -5.52. The minimum atomic E-state index is -2.10. The Balaban J connectivity index is 1.08. The number of nitrogens with zero attached hydrogens (tertiary/aromatic N) is 6. The molecule has 4 heterocycles. The van der Waals surface area contributed by atoms with Crippen LogP contribution in [0.2, 0.25) is 0 Å². The second-order valence-electron chi connectivity index (χ2n) is 30.2. The average Bonchev–Trinajstić information content (AvgIpc) is 0.754. The topological polar surface area (TPSA) is 414 Å². The van der Waals surface area contributed by atoms with Gasteiger partial charge < -0.3 is 100 Å². The highest BCUT2D eigenvalue weighted by molar-refractivity contribution is 5.78. The van der Waals surface area contributed by atoms with Gasteiger partial charge in [0.2, 0.25) is 0 Å². The van der Waals surface area contributed by atoms with Crippen molar-refractivity contribution in [2.45, 2.75) is 218 Å². The summed E-state index contributed by atoms with van der Waals surface area (Å²) in [6.07, 6.45) is -32.2. The lowest BCUT2D eigenvalue weighted by Crippen LogP contribution is -2.69. The first kappa shape index (κ1) is 90.8. The van der Waals surface area contributed by atoms with E-state index < -0.39 is 189 Å².